The van der Waals surface area contributed by atoms with Gasteiger partial charge in [0.2, 0.25) is 5.91 Å². The summed E-state index contributed by atoms with van der Waals surface area (Å²) in [5, 5.41) is 3.10. The molecule has 0 spiro atoms. The molecule has 2 aromatic rings. The summed E-state index contributed by atoms with van der Waals surface area (Å²) in [4.78, 5) is 39.6. The minimum absolute atomic E-state index is 0.345. The highest BCUT2D eigenvalue weighted by Gasteiger charge is 2.21. The van der Waals surface area contributed by atoms with Gasteiger partial charge in [0.05, 0.1) is 8.27 Å². The van der Waals surface area contributed by atoms with E-state index in [1.54, 1.807) is 13.8 Å². The molecule has 0 aliphatic heterocycles. The van der Waals surface area contributed by atoms with E-state index in [2.05, 4.69) is 32.9 Å². The highest BCUT2D eigenvalue weighted by atomic mass is 127. The van der Waals surface area contributed by atoms with Gasteiger partial charge in [-0.15, -0.1) is 11.3 Å². The fraction of sp³-hybridized carbons (Fsp3) is 0.417. The SMILES string of the molecule is CCNC(=O)C(C)n1c(=O)[nH]c2sc(I)c(C)c2c1=O. The van der Waals surface area contributed by atoms with Crippen LogP contribution in [0.1, 0.15) is 25.5 Å². The minimum Gasteiger partial charge on any atom is -0.355 e. The molecular weight excluding hydrogens is 393 g/mol. The van der Waals surface area contributed by atoms with E-state index < -0.39 is 17.3 Å². The van der Waals surface area contributed by atoms with Crippen LogP contribution >= 0.6 is 33.9 Å². The molecule has 108 valence electrons. The molecule has 0 fully saturated rings. The number of H-pyrrole nitrogens is 1. The molecular formula is C12H14IN3O3S. The minimum atomic E-state index is -0.840. The molecule has 2 aromatic heterocycles. The summed E-state index contributed by atoms with van der Waals surface area (Å²) in [7, 11) is 0. The lowest BCUT2D eigenvalue weighted by Gasteiger charge is -2.13. The second kappa shape index (κ2) is 5.68. The maximum atomic E-state index is 12.5. The number of carbonyl (C=O) groups is 1. The van der Waals surface area contributed by atoms with Gasteiger partial charge in [0.25, 0.3) is 5.56 Å². The van der Waals surface area contributed by atoms with Crippen molar-refractivity contribution < 1.29 is 4.79 Å². The number of aromatic amines is 1. The number of halogens is 1. The van der Waals surface area contributed by atoms with Crippen LogP contribution in [-0.2, 0) is 4.79 Å². The van der Waals surface area contributed by atoms with Gasteiger partial charge in [-0.25, -0.2) is 9.36 Å². The van der Waals surface area contributed by atoms with E-state index in [-0.39, 0.29) is 5.91 Å². The van der Waals surface area contributed by atoms with Crippen LogP contribution < -0.4 is 16.6 Å². The molecule has 1 amide bonds. The van der Waals surface area contributed by atoms with Gasteiger partial charge < -0.3 is 5.32 Å². The molecule has 0 radical (unpaired) electrons. The first-order valence-electron chi connectivity index (χ1n) is 6.09. The van der Waals surface area contributed by atoms with E-state index in [0.29, 0.717) is 16.8 Å². The number of carbonyl (C=O) groups excluding carboxylic acids is 1. The number of fused-ring (bicyclic) bond motifs is 1. The fourth-order valence-electron chi connectivity index (χ4n) is 1.99. The van der Waals surface area contributed by atoms with Crippen molar-refractivity contribution in [1.29, 1.82) is 0 Å². The average molecular weight is 407 g/mol. The topological polar surface area (TPSA) is 84.0 Å². The van der Waals surface area contributed by atoms with Crippen LogP contribution in [0.25, 0.3) is 10.2 Å². The van der Waals surface area contributed by atoms with Crippen molar-refractivity contribution >= 4 is 50.1 Å². The number of aromatic nitrogens is 2. The third-order valence-corrected chi connectivity index (χ3v) is 5.54. The summed E-state index contributed by atoms with van der Waals surface area (Å²) < 4.78 is 1.93. The number of likely N-dealkylation sites (N-methyl/N-ethyl adjacent to an activating group) is 1. The molecule has 0 bridgehead atoms. The van der Waals surface area contributed by atoms with Gasteiger partial charge >= 0.3 is 5.69 Å². The quantitative estimate of drug-likeness (QED) is 0.754. The Kier molecular flexibility index (Phi) is 4.33. The van der Waals surface area contributed by atoms with Crippen LogP contribution in [-0.4, -0.2) is 22.0 Å². The Morgan fingerprint density at radius 2 is 2.15 bits per heavy atom. The molecule has 0 saturated carbocycles. The van der Waals surface area contributed by atoms with Crippen molar-refractivity contribution in [3.05, 3.63) is 29.3 Å². The lowest BCUT2D eigenvalue weighted by molar-refractivity contribution is -0.123. The molecule has 20 heavy (non-hydrogen) atoms. The maximum absolute atomic E-state index is 12.5. The zero-order chi connectivity index (χ0) is 15.0. The predicted molar refractivity (Wildman–Crippen MR) is 87.6 cm³/mol. The van der Waals surface area contributed by atoms with Gasteiger partial charge in [0.15, 0.2) is 0 Å². The molecule has 0 aromatic carbocycles. The molecule has 0 aliphatic carbocycles. The van der Waals surface area contributed by atoms with Gasteiger partial charge in [-0.05, 0) is 48.9 Å². The van der Waals surface area contributed by atoms with Crippen molar-refractivity contribution in [1.82, 2.24) is 14.9 Å². The predicted octanol–water partition coefficient (Wildman–Crippen LogP) is 1.36. The number of nitrogens with zero attached hydrogens (tertiary/aromatic N) is 1. The van der Waals surface area contributed by atoms with Gasteiger partial charge in [0.1, 0.15) is 10.9 Å². The first-order chi connectivity index (χ1) is 9.38. The molecule has 1 unspecified atom stereocenters. The fourth-order valence-corrected chi connectivity index (χ4v) is 3.84. The number of amides is 1. The van der Waals surface area contributed by atoms with E-state index in [0.717, 1.165) is 13.0 Å². The van der Waals surface area contributed by atoms with Crippen LogP contribution in [0.3, 0.4) is 0 Å². The lowest BCUT2D eigenvalue weighted by atomic mass is 10.2. The van der Waals surface area contributed by atoms with Gasteiger partial charge in [-0.1, -0.05) is 0 Å². The Balaban J connectivity index is 2.71. The normalized spacial score (nSPS) is 12.6. The molecule has 2 heterocycles. The standard InChI is InChI=1S/C12H14IN3O3S/c1-4-14-9(17)6(3)16-11(18)7-5(2)8(13)20-10(7)15-12(16)19/h6H,4H2,1-3H3,(H,14,17)(H,15,19). The Labute approximate surface area is 132 Å². The Hall–Kier alpha value is -1.16. The van der Waals surface area contributed by atoms with E-state index in [4.69, 9.17) is 0 Å². The average Bonchev–Trinajstić information content (AvgIpc) is 2.64. The first-order valence-corrected chi connectivity index (χ1v) is 7.99. The summed E-state index contributed by atoms with van der Waals surface area (Å²) in [6.07, 6.45) is 0. The third-order valence-electron chi connectivity index (χ3n) is 3.08. The molecule has 8 heteroatoms. The summed E-state index contributed by atoms with van der Waals surface area (Å²) in [5.41, 5.74) is -0.137. The van der Waals surface area contributed by atoms with E-state index in [9.17, 15) is 14.4 Å². The van der Waals surface area contributed by atoms with Crippen molar-refractivity contribution in [2.45, 2.75) is 26.8 Å². The van der Waals surface area contributed by atoms with Crippen LogP contribution in [0.4, 0.5) is 0 Å². The molecule has 2 rings (SSSR count). The Morgan fingerprint density at radius 3 is 2.75 bits per heavy atom. The Morgan fingerprint density at radius 1 is 1.50 bits per heavy atom. The summed E-state index contributed by atoms with van der Waals surface area (Å²) in [6, 6.07) is -0.840. The highest BCUT2D eigenvalue weighted by molar-refractivity contribution is 14.1. The zero-order valence-electron chi connectivity index (χ0n) is 11.2. The van der Waals surface area contributed by atoms with Gasteiger partial charge in [-0.2, -0.15) is 0 Å². The number of aryl methyl sites for hydroxylation is 1. The van der Waals surface area contributed by atoms with Crippen molar-refractivity contribution in [3.63, 3.8) is 0 Å². The first kappa shape index (κ1) is 15.2. The van der Waals surface area contributed by atoms with Gasteiger partial charge in [-0.3, -0.25) is 14.6 Å². The summed E-state index contributed by atoms with van der Waals surface area (Å²) in [5.74, 6) is -0.345. The second-order valence-corrected chi connectivity index (χ2v) is 7.21. The van der Waals surface area contributed by atoms with Crippen molar-refractivity contribution in [2.24, 2.45) is 0 Å². The monoisotopic (exact) mass is 407 g/mol. The smallest absolute Gasteiger partial charge is 0.330 e. The number of hydrogen-bond acceptors (Lipinski definition) is 4. The van der Waals surface area contributed by atoms with Crippen molar-refractivity contribution in [3.8, 4) is 0 Å². The maximum Gasteiger partial charge on any atom is 0.330 e. The largest absolute Gasteiger partial charge is 0.355 e. The highest BCUT2D eigenvalue weighted by Crippen LogP contribution is 2.27. The Bertz CT molecular complexity index is 790. The molecule has 2 N–H and O–H groups in total. The molecule has 0 aliphatic rings. The number of hydrogen-bond donors (Lipinski definition) is 2. The molecule has 1 atom stereocenters. The number of rotatable bonds is 3. The van der Waals surface area contributed by atoms with Crippen LogP contribution in [0.15, 0.2) is 9.59 Å². The third kappa shape index (κ3) is 2.41. The van der Waals surface area contributed by atoms with E-state index in [1.807, 2.05) is 6.92 Å². The molecule has 0 saturated heterocycles. The van der Waals surface area contributed by atoms with Gasteiger partial charge in [0, 0.05) is 6.54 Å². The molecule has 6 nitrogen and oxygen atoms in total. The van der Waals surface area contributed by atoms with Crippen LogP contribution in [0.2, 0.25) is 0 Å². The van der Waals surface area contributed by atoms with Crippen LogP contribution in [0.5, 0.6) is 0 Å². The summed E-state index contributed by atoms with van der Waals surface area (Å²) >= 11 is 3.49. The second-order valence-electron chi connectivity index (χ2n) is 4.38. The van der Waals surface area contributed by atoms with E-state index >= 15 is 0 Å². The summed E-state index contributed by atoms with van der Waals surface area (Å²) in [6.45, 7) is 5.61. The number of nitrogens with one attached hydrogen (secondary N) is 2. The van der Waals surface area contributed by atoms with E-state index in [1.165, 1.54) is 11.3 Å². The lowest BCUT2D eigenvalue weighted by Crippen LogP contribution is -2.43. The number of thiophene rings is 1. The van der Waals surface area contributed by atoms with Crippen molar-refractivity contribution in [2.75, 3.05) is 6.54 Å². The van der Waals surface area contributed by atoms with Crippen LogP contribution in [0, 0.1) is 9.81 Å². The zero-order valence-corrected chi connectivity index (χ0v) is 14.2.